The second-order valence-electron chi connectivity index (χ2n) is 6.31. The molecule has 1 atom stereocenters. The summed E-state index contributed by atoms with van der Waals surface area (Å²) in [5.41, 5.74) is 1.30. The van der Waals surface area contributed by atoms with Gasteiger partial charge >= 0.3 is 0 Å². The number of benzene rings is 1. The van der Waals surface area contributed by atoms with Crippen LogP contribution in [0.1, 0.15) is 44.6 Å². The molecule has 1 unspecified atom stereocenters. The molecule has 0 aliphatic heterocycles. The summed E-state index contributed by atoms with van der Waals surface area (Å²) in [6.07, 6.45) is 12.1. The van der Waals surface area contributed by atoms with Gasteiger partial charge in [0.2, 0.25) is 0 Å². The summed E-state index contributed by atoms with van der Waals surface area (Å²) < 4.78 is 8.09. The van der Waals surface area contributed by atoms with Gasteiger partial charge in [-0.25, -0.2) is 4.98 Å². The molecule has 1 aromatic carbocycles. The zero-order valence-corrected chi connectivity index (χ0v) is 16.6. The molecule has 1 heterocycles. The first-order chi connectivity index (χ1) is 12.3. The van der Waals surface area contributed by atoms with Crippen LogP contribution in [0, 0.1) is 0 Å². The van der Waals surface area contributed by atoms with Crippen LogP contribution in [-0.4, -0.2) is 28.0 Å². The number of aromatic nitrogens is 2. The Labute approximate surface area is 161 Å². The highest BCUT2D eigenvalue weighted by Crippen LogP contribution is 2.21. The molecular formula is C20H29ClN2OS. The maximum absolute atomic E-state index is 5.96. The summed E-state index contributed by atoms with van der Waals surface area (Å²) in [6, 6.07) is 8.10. The topological polar surface area (TPSA) is 27.1 Å². The average Bonchev–Trinajstić information content (AvgIpc) is 3.13. The zero-order valence-electron chi connectivity index (χ0n) is 15.1. The molecule has 0 amide bonds. The van der Waals surface area contributed by atoms with Crippen molar-refractivity contribution in [1.29, 1.82) is 0 Å². The van der Waals surface area contributed by atoms with Crippen LogP contribution >= 0.6 is 23.4 Å². The molecule has 0 aliphatic carbocycles. The fourth-order valence-electron chi connectivity index (χ4n) is 2.60. The third-order valence-electron chi connectivity index (χ3n) is 4.07. The molecule has 0 spiro atoms. The SMILES string of the molecule is CCCCCCCOCC(Cn1ccnc1)SCc1ccc(Cl)cc1. The molecule has 0 N–H and O–H groups in total. The van der Waals surface area contributed by atoms with Crippen LogP contribution in [0.4, 0.5) is 0 Å². The van der Waals surface area contributed by atoms with E-state index in [1.165, 1.54) is 37.7 Å². The number of halogens is 1. The lowest BCUT2D eigenvalue weighted by Crippen LogP contribution is -2.19. The number of ether oxygens (including phenoxy) is 1. The third-order valence-corrected chi connectivity index (χ3v) is 5.58. The van der Waals surface area contributed by atoms with Crippen molar-refractivity contribution in [2.24, 2.45) is 0 Å². The fraction of sp³-hybridized carbons (Fsp3) is 0.550. The van der Waals surface area contributed by atoms with Gasteiger partial charge in [-0.05, 0) is 24.1 Å². The maximum atomic E-state index is 5.96. The number of thioether (sulfide) groups is 1. The Kier molecular flexibility index (Phi) is 10.1. The van der Waals surface area contributed by atoms with Crippen LogP contribution in [0.15, 0.2) is 43.0 Å². The lowest BCUT2D eigenvalue weighted by molar-refractivity contribution is 0.128. The van der Waals surface area contributed by atoms with Crippen molar-refractivity contribution >= 4 is 23.4 Å². The summed E-state index contributed by atoms with van der Waals surface area (Å²) >= 11 is 7.90. The second-order valence-corrected chi connectivity index (χ2v) is 8.03. The molecule has 0 saturated carbocycles. The number of imidazole rings is 1. The zero-order chi connectivity index (χ0) is 17.7. The number of hydrogen-bond acceptors (Lipinski definition) is 3. The van der Waals surface area contributed by atoms with Crippen molar-refractivity contribution in [2.75, 3.05) is 13.2 Å². The molecule has 5 heteroatoms. The highest BCUT2D eigenvalue weighted by Gasteiger charge is 2.11. The Bertz CT molecular complexity index is 560. The number of rotatable bonds is 13. The minimum absolute atomic E-state index is 0.417. The summed E-state index contributed by atoms with van der Waals surface area (Å²) in [6.45, 7) is 4.82. The van der Waals surface area contributed by atoms with Crippen molar-refractivity contribution in [3.05, 3.63) is 53.6 Å². The normalized spacial score (nSPS) is 12.4. The van der Waals surface area contributed by atoms with Crippen LogP contribution in [0.25, 0.3) is 0 Å². The minimum atomic E-state index is 0.417. The largest absolute Gasteiger partial charge is 0.380 e. The van der Waals surface area contributed by atoms with Gasteiger partial charge in [-0.1, -0.05) is 56.3 Å². The van der Waals surface area contributed by atoms with Gasteiger partial charge in [0, 0.05) is 41.6 Å². The van der Waals surface area contributed by atoms with Crippen LogP contribution in [0.3, 0.4) is 0 Å². The van der Waals surface area contributed by atoms with Gasteiger partial charge in [-0.15, -0.1) is 11.8 Å². The summed E-state index contributed by atoms with van der Waals surface area (Å²) in [4.78, 5) is 4.14. The molecule has 138 valence electrons. The van der Waals surface area contributed by atoms with E-state index >= 15 is 0 Å². The fourth-order valence-corrected chi connectivity index (χ4v) is 3.82. The monoisotopic (exact) mass is 380 g/mol. The summed E-state index contributed by atoms with van der Waals surface area (Å²) in [5.74, 6) is 0.969. The van der Waals surface area contributed by atoms with Gasteiger partial charge < -0.3 is 9.30 Å². The van der Waals surface area contributed by atoms with E-state index < -0.39 is 0 Å². The van der Waals surface area contributed by atoms with E-state index in [0.29, 0.717) is 5.25 Å². The molecule has 3 nitrogen and oxygen atoms in total. The first-order valence-electron chi connectivity index (χ1n) is 9.17. The Hall–Kier alpha value is -0.970. The molecule has 0 fully saturated rings. The van der Waals surface area contributed by atoms with Gasteiger partial charge in [-0.2, -0.15) is 0 Å². The highest BCUT2D eigenvalue weighted by atomic mass is 35.5. The first kappa shape index (κ1) is 20.3. The third kappa shape index (κ3) is 8.80. The Morgan fingerprint density at radius 1 is 1.16 bits per heavy atom. The van der Waals surface area contributed by atoms with E-state index in [9.17, 15) is 0 Å². The average molecular weight is 381 g/mol. The van der Waals surface area contributed by atoms with Gasteiger partial charge in [0.25, 0.3) is 0 Å². The number of hydrogen-bond donors (Lipinski definition) is 0. The van der Waals surface area contributed by atoms with Gasteiger partial charge in [0.05, 0.1) is 12.9 Å². The molecule has 1 aromatic heterocycles. The maximum Gasteiger partial charge on any atom is 0.0946 e. The molecule has 2 rings (SSSR count). The number of nitrogens with zero attached hydrogens (tertiary/aromatic N) is 2. The van der Waals surface area contributed by atoms with Crippen LogP contribution < -0.4 is 0 Å². The van der Waals surface area contributed by atoms with E-state index in [1.807, 2.05) is 42.6 Å². The Balaban J connectivity index is 1.73. The standard InChI is InChI=1S/C20H29ClN2OS/c1-2-3-4-5-6-13-24-15-20(14-23-12-11-22-17-23)25-16-18-7-9-19(21)10-8-18/h7-12,17,20H,2-6,13-16H2,1H3. The quantitative estimate of drug-likeness (QED) is 0.409. The van der Waals surface area contributed by atoms with Crippen LogP contribution in [0.5, 0.6) is 0 Å². The van der Waals surface area contributed by atoms with E-state index in [2.05, 4.69) is 28.6 Å². The lowest BCUT2D eigenvalue weighted by Gasteiger charge is -2.17. The number of unbranched alkanes of at least 4 members (excludes halogenated alkanes) is 4. The lowest BCUT2D eigenvalue weighted by atomic mass is 10.2. The van der Waals surface area contributed by atoms with E-state index in [-0.39, 0.29) is 0 Å². The molecular weight excluding hydrogens is 352 g/mol. The molecule has 0 bridgehead atoms. The van der Waals surface area contributed by atoms with E-state index in [1.54, 1.807) is 0 Å². The van der Waals surface area contributed by atoms with Gasteiger partial charge in [0.1, 0.15) is 0 Å². The minimum Gasteiger partial charge on any atom is -0.380 e. The Morgan fingerprint density at radius 2 is 1.96 bits per heavy atom. The van der Waals surface area contributed by atoms with Crippen molar-refractivity contribution in [3.63, 3.8) is 0 Å². The molecule has 2 aromatic rings. The van der Waals surface area contributed by atoms with Crippen molar-refractivity contribution < 1.29 is 4.74 Å². The van der Waals surface area contributed by atoms with E-state index in [4.69, 9.17) is 16.3 Å². The molecule has 25 heavy (non-hydrogen) atoms. The van der Waals surface area contributed by atoms with Gasteiger partial charge in [0.15, 0.2) is 0 Å². The predicted octanol–water partition coefficient (Wildman–Crippen LogP) is 5.83. The Morgan fingerprint density at radius 3 is 2.68 bits per heavy atom. The van der Waals surface area contributed by atoms with Crippen LogP contribution in [0.2, 0.25) is 5.02 Å². The van der Waals surface area contributed by atoms with Crippen molar-refractivity contribution in [2.45, 2.75) is 56.6 Å². The molecule has 0 radical (unpaired) electrons. The van der Waals surface area contributed by atoms with Crippen molar-refractivity contribution in [3.8, 4) is 0 Å². The predicted molar refractivity (Wildman–Crippen MR) is 108 cm³/mol. The first-order valence-corrected chi connectivity index (χ1v) is 10.6. The smallest absolute Gasteiger partial charge is 0.0946 e. The molecule has 0 aliphatic rings. The van der Waals surface area contributed by atoms with Gasteiger partial charge in [-0.3, -0.25) is 0 Å². The van der Waals surface area contributed by atoms with Crippen LogP contribution in [-0.2, 0) is 17.0 Å². The van der Waals surface area contributed by atoms with E-state index in [0.717, 1.165) is 30.5 Å². The molecule has 0 saturated heterocycles. The summed E-state index contributed by atoms with van der Waals surface area (Å²) in [5, 5.41) is 1.20. The summed E-state index contributed by atoms with van der Waals surface area (Å²) in [7, 11) is 0. The second kappa shape index (κ2) is 12.4. The van der Waals surface area contributed by atoms with Crippen molar-refractivity contribution in [1.82, 2.24) is 9.55 Å². The highest BCUT2D eigenvalue weighted by molar-refractivity contribution is 7.99.